The number of rotatable bonds is 9. The van der Waals surface area contributed by atoms with Gasteiger partial charge in [-0.15, -0.1) is 0 Å². The molecule has 1 unspecified atom stereocenters. The zero-order chi connectivity index (χ0) is 17.5. The van der Waals surface area contributed by atoms with E-state index in [1.165, 1.54) is 6.92 Å². The second-order valence-electron chi connectivity index (χ2n) is 6.10. The van der Waals surface area contributed by atoms with E-state index in [4.69, 9.17) is 9.47 Å². The summed E-state index contributed by atoms with van der Waals surface area (Å²) in [5.74, 6) is -0.00297. The first-order valence-corrected chi connectivity index (χ1v) is 7.44. The number of esters is 1. The van der Waals surface area contributed by atoms with Crippen LogP contribution in [0.5, 0.6) is 5.75 Å². The summed E-state index contributed by atoms with van der Waals surface area (Å²) in [6, 6.07) is 9.06. The van der Waals surface area contributed by atoms with Crippen molar-refractivity contribution < 1.29 is 24.2 Å². The number of hydrogen-bond acceptors (Lipinski definition) is 5. The Morgan fingerprint density at radius 3 is 2.39 bits per heavy atom. The highest BCUT2D eigenvalue weighted by Crippen LogP contribution is 2.26. The van der Waals surface area contributed by atoms with Gasteiger partial charge >= 0.3 is 5.97 Å². The Balaban J connectivity index is 2.39. The monoisotopic (exact) mass is 320 g/mol. The number of allylic oxidation sites excluding steroid dienone is 1. The van der Waals surface area contributed by atoms with Crippen molar-refractivity contribution in [1.29, 1.82) is 0 Å². The van der Waals surface area contributed by atoms with Crippen molar-refractivity contribution in [3.05, 3.63) is 42.5 Å². The number of ketones is 1. The average molecular weight is 320 g/mol. The molecule has 1 N–H and O–H groups in total. The van der Waals surface area contributed by atoms with Crippen LogP contribution in [-0.4, -0.2) is 36.2 Å². The van der Waals surface area contributed by atoms with Crippen LogP contribution in [0.15, 0.2) is 42.5 Å². The van der Waals surface area contributed by atoms with Crippen LogP contribution >= 0.6 is 0 Å². The van der Waals surface area contributed by atoms with Gasteiger partial charge in [0.15, 0.2) is 5.78 Å². The molecule has 0 amide bonds. The van der Waals surface area contributed by atoms with Crippen molar-refractivity contribution in [1.82, 2.24) is 0 Å². The number of ether oxygens (including phenoxy) is 2. The SMILES string of the molecule is C=C(CC(C)(C)C(=O)OCC(O)COc1ccccc1)C(C)=O. The molecule has 0 aromatic heterocycles. The van der Waals surface area contributed by atoms with Crippen LogP contribution in [0, 0.1) is 5.41 Å². The fourth-order valence-corrected chi connectivity index (χ4v) is 1.85. The summed E-state index contributed by atoms with van der Waals surface area (Å²) in [4.78, 5) is 23.3. The lowest BCUT2D eigenvalue weighted by Gasteiger charge is -2.23. The molecule has 0 saturated carbocycles. The third kappa shape index (κ3) is 6.65. The summed E-state index contributed by atoms with van der Waals surface area (Å²) in [6.07, 6.45) is -0.705. The lowest BCUT2D eigenvalue weighted by atomic mass is 9.85. The first-order valence-electron chi connectivity index (χ1n) is 7.44. The summed E-state index contributed by atoms with van der Waals surface area (Å²) in [6.45, 7) is 8.28. The van der Waals surface area contributed by atoms with Gasteiger partial charge in [-0.1, -0.05) is 24.8 Å². The molecule has 0 bridgehead atoms. The molecule has 1 aromatic carbocycles. The van der Waals surface area contributed by atoms with Crippen molar-refractivity contribution in [2.45, 2.75) is 33.3 Å². The van der Waals surface area contributed by atoms with Gasteiger partial charge in [0.2, 0.25) is 0 Å². The molecule has 1 rings (SSSR count). The predicted molar refractivity (Wildman–Crippen MR) is 87.1 cm³/mol. The zero-order valence-corrected chi connectivity index (χ0v) is 13.9. The topological polar surface area (TPSA) is 72.8 Å². The largest absolute Gasteiger partial charge is 0.491 e. The van der Waals surface area contributed by atoms with Gasteiger partial charge in [-0.2, -0.15) is 0 Å². The minimum atomic E-state index is -0.925. The number of aliphatic hydroxyl groups is 1. The van der Waals surface area contributed by atoms with Crippen LogP contribution in [0.1, 0.15) is 27.2 Å². The second kappa shape index (κ2) is 8.48. The van der Waals surface area contributed by atoms with Crippen molar-refractivity contribution in [3.63, 3.8) is 0 Å². The molecule has 0 spiro atoms. The number of benzene rings is 1. The Morgan fingerprint density at radius 2 is 1.83 bits per heavy atom. The third-order valence-electron chi connectivity index (χ3n) is 3.30. The molecule has 0 saturated heterocycles. The molecular weight excluding hydrogens is 296 g/mol. The molecule has 0 radical (unpaired) electrons. The molecule has 23 heavy (non-hydrogen) atoms. The van der Waals surface area contributed by atoms with Gasteiger partial charge in [0.1, 0.15) is 25.1 Å². The van der Waals surface area contributed by atoms with Gasteiger partial charge in [0.05, 0.1) is 5.41 Å². The van der Waals surface area contributed by atoms with Crippen LogP contribution in [0.4, 0.5) is 0 Å². The predicted octanol–water partition coefficient (Wildman–Crippen LogP) is 2.53. The number of Topliss-reactive ketones (excluding diaryl/α,β-unsaturated/α-hetero) is 1. The molecule has 0 heterocycles. The minimum Gasteiger partial charge on any atom is -0.491 e. The van der Waals surface area contributed by atoms with E-state index in [1.807, 2.05) is 18.2 Å². The van der Waals surface area contributed by atoms with E-state index in [9.17, 15) is 14.7 Å². The van der Waals surface area contributed by atoms with Crippen molar-refractivity contribution in [3.8, 4) is 5.75 Å². The van der Waals surface area contributed by atoms with Crippen LogP contribution in [0.2, 0.25) is 0 Å². The summed E-state index contributed by atoms with van der Waals surface area (Å²) in [7, 11) is 0. The van der Waals surface area contributed by atoms with E-state index < -0.39 is 17.5 Å². The number of carbonyl (C=O) groups is 2. The van der Waals surface area contributed by atoms with Gasteiger partial charge in [-0.05, 0) is 44.9 Å². The molecule has 0 fully saturated rings. The minimum absolute atomic E-state index is 0.0257. The van der Waals surface area contributed by atoms with Crippen LogP contribution < -0.4 is 4.74 Å². The molecule has 1 atom stereocenters. The van der Waals surface area contributed by atoms with Gasteiger partial charge in [0, 0.05) is 0 Å². The number of para-hydroxylation sites is 1. The molecule has 5 heteroatoms. The van der Waals surface area contributed by atoms with Gasteiger partial charge in [-0.3, -0.25) is 9.59 Å². The molecule has 0 aliphatic heterocycles. The normalized spacial score (nSPS) is 12.3. The van der Waals surface area contributed by atoms with E-state index in [-0.39, 0.29) is 25.4 Å². The highest BCUT2D eigenvalue weighted by atomic mass is 16.5. The second-order valence-corrected chi connectivity index (χ2v) is 6.10. The fourth-order valence-electron chi connectivity index (χ4n) is 1.85. The molecule has 0 aliphatic rings. The summed E-state index contributed by atoms with van der Waals surface area (Å²) >= 11 is 0. The maximum absolute atomic E-state index is 12.1. The number of hydrogen-bond donors (Lipinski definition) is 1. The Kier molecular flexibility index (Phi) is 6.97. The summed E-state index contributed by atoms with van der Waals surface area (Å²) < 4.78 is 10.5. The van der Waals surface area contributed by atoms with E-state index in [2.05, 4.69) is 6.58 Å². The van der Waals surface area contributed by atoms with Gasteiger partial charge in [0.25, 0.3) is 0 Å². The van der Waals surface area contributed by atoms with Gasteiger partial charge in [-0.25, -0.2) is 0 Å². The van der Waals surface area contributed by atoms with Crippen molar-refractivity contribution in [2.24, 2.45) is 5.41 Å². The summed E-state index contributed by atoms with van der Waals surface area (Å²) in [5, 5.41) is 9.82. The Hall–Kier alpha value is -2.14. The average Bonchev–Trinajstić information content (AvgIpc) is 2.50. The molecular formula is C18H24O5. The quantitative estimate of drug-likeness (QED) is 0.559. The van der Waals surface area contributed by atoms with E-state index in [0.29, 0.717) is 11.3 Å². The summed E-state index contributed by atoms with van der Waals surface area (Å²) in [5.41, 5.74) is -0.497. The maximum Gasteiger partial charge on any atom is 0.311 e. The smallest absolute Gasteiger partial charge is 0.311 e. The number of carbonyl (C=O) groups excluding carboxylic acids is 2. The first-order chi connectivity index (χ1) is 10.7. The third-order valence-corrected chi connectivity index (χ3v) is 3.30. The molecule has 1 aromatic rings. The van der Waals surface area contributed by atoms with Crippen molar-refractivity contribution in [2.75, 3.05) is 13.2 Å². The molecule has 126 valence electrons. The molecule has 0 aliphatic carbocycles. The Labute approximate surface area is 136 Å². The Bertz CT molecular complexity index is 548. The van der Waals surface area contributed by atoms with Crippen LogP contribution in [0.25, 0.3) is 0 Å². The van der Waals surface area contributed by atoms with E-state index >= 15 is 0 Å². The lowest BCUT2D eigenvalue weighted by molar-refractivity contribution is -0.157. The maximum atomic E-state index is 12.1. The van der Waals surface area contributed by atoms with E-state index in [0.717, 1.165) is 0 Å². The molecule has 5 nitrogen and oxygen atoms in total. The first kappa shape index (κ1) is 18.9. The van der Waals surface area contributed by atoms with Crippen molar-refractivity contribution >= 4 is 11.8 Å². The standard InChI is InChI=1S/C18H24O5/c1-13(14(2)19)10-18(3,4)17(21)23-12-15(20)11-22-16-8-6-5-7-9-16/h5-9,15,20H,1,10-12H2,2-4H3. The zero-order valence-electron chi connectivity index (χ0n) is 13.9. The van der Waals surface area contributed by atoms with Crippen LogP contribution in [0.3, 0.4) is 0 Å². The Morgan fingerprint density at radius 1 is 1.22 bits per heavy atom. The number of aliphatic hydroxyl groups excluding tert-OH is 1. The lowest BCUT2D eigenvalue weighted by Crippen LogP contribution is -2.32. The highest BCUT2D eigenvalue weighted by Gasteiger charge is 2.31. The van der Waals surface area contributed by atoms with E-state index in [1.54, 1.807) is 26.0 Å². The van der Waals surface area contributed by atoms with Crippen LogP contribution in [-0.2, 0) is 14.3 Å². The van der Waals surface area contributed by atoms with Gasteiger partial charge < -0.3 is 14.6 Å². The fraction of sp³-hybridized carbons (Fsp3) is 0.444. The highest BCUT2D eigenvalue weighted by molar-refractivity contribution is 5.93.